The van der Waals surface area contributed by atoms with Crippen molar-refractivity contribution in [2.75, 3.05) is 32.0 Å². The molecule has 2 amide bonds. The summed E-state index contributed by atoms with van der Waals surface area (Å²) in [6.07, 6.45) is 3.41. The van der Waals surface area contributed by atoms with Gasteiger partial charge in [0.15, 0.2) is 0 Å². The molecule has 6 heteroatoms. The number of pyridine rings is 1. The van der Waals surface area contributed by atoms with Gasteiger partial charge in [-0.3, -0.25) is 14.5 Å². The second-order valence-corrected chi connectivity index (χ2v) is 7.51. The van der Waals surface area contributed by atoms with E-state index in [0.717, 1.165) is 24.9 Å². The Morgan fingerprint density at radius 2 is 2.00 bits per heavy atom. The van der Waals surface area contributed by atoms with Crippen LogP contribution in [0.4, 0.5) is 5.82 Å². The van der Waals surface area contributed by atoms with E-state index in [4.69, 9.17) is 0 Å². The largest absolute Gasteiger partial charge is 0.340 e. The summed E-state index contributed by atoms with van der Waals surface area (Å²) < 4.78 is 0. The quantitative estimate of drug-likeness (QED) is 0.837. The predicted molar refractivity (Wildman–Crippen MR) is 110 cm³/mol. The van der Waals surface area contributed by atoms with Gasteiger partial charge in [-0.15, -0.1) is 0 Å². The molecular formula is C22H28N4O2. The maximum Gasteiger partial charge on any atom is 0.236 e. The van der Waals surface area contributed by atoms with E-state index in [0.29, 0.717) is 25.5 Å². The highest BCUT2D eigenvalue weighted by atomic mass is 16.2. The minimum atomic E-state index is -0.119. The van der Waals surface area contributed by atoms with Crippen molar-refractivity contribution in [3.05, 3.63) is 59.8 Å². The van der Waals surface area contributed by atoms with Crippen molar-refractivity contribution in [1.82, 2.24) is 14.8 Å². The molecule has 6 nitrogen and oxygen atoms in total. The fraction of sp³-hybridized carbons (Fsp3) is 0.409. The number of amides is 2. The summed E-state index contributed by atoms with van der Waals surface area (Å²) in [5.41, 5.74) is 2.33. The maximum atomic E-state index is 12.6. The molecule has 1 fully saturated rings. The van der Waals surface area contributed by atoms with Crippen LogP contribution in [0.25, 0.3) is 0 Å². The molecule has 1 saturated heterocycles. The number of hydrogen-bond acceptors (Lipinski definition) is 4. The van der Waals surface area contributed by atoms with Crippen LogP contribution in [0.1, 0.15) is 24.0 Å². The number of carbonyl (C=O) groups excluding carboxylic acids is 2. The van der Waals surface area contributed by atoms with Gasteiger partial charge >= 0.3 is 0 Å². The summed E-state index contributed by atoms with van der Waals surface area (Å²) in [6.45, 7) is 4.43. The molecule has 1 atom stereocenters. The lowest BCUT2D eigenvalue weighted by molar-refractivity contribution is -0.133. The van der Waals surface area contributed by atoms with Crippen molar-refractivity contribution >= 4 is 17.6 Å². The van der Waals surface area contributed by atoms with E-state index < -0.39 is 0 Å². The number of aryl methyl sites for hydroxylation is 1. The number of nitrogens with zero attached hydrogens (tertiary/aromatic N) is 3. The Labute approximate surface area is 166 Å². The fourth-order valence-corrected chi connectivity index (χ4v) is 3.45. The molecule has 0 radical (unpaired) electrons. The molecule has 2 heterocycles. The van der Waals surface area contributed by atoms with Gasteiger partial charge in [0, 0.05) is 26.3 Å². The molecule has 0 aliphatic carbocycles. The van der Waals surface area contributed by atoms with Crippen molar-refractivity contribution in [3.63, 3.8) is 0 Å². The highest BCUT2D eigenvalue weighted by Gasteiger charge is 2.27. The van der Waals surface area contributed by atoms with Crippen LogP contribution in [0.2, 0.25) is 0 Å². The topological polar surface area (TPSA) is 65.5 Å². The minimum absolute atomic E-state index is 0.0242. The van der Waals surface area contributed by atoms with Crippen molar-refractivity contribution < 1.29 is 9.59 Å². The third-order valence-corrected chi connectivity index (χ3v) is 5.12. The molecule has 1 aromatic heterocycles. The Morgan fingerprint density at radius 3 is 2.71 bits per heavy atom. The van der Waals surface area contributed by atoms with Crippen LogP contribution in [-0.2, 0) is 16.1 Å². The van der Waals surface area contributed by atoms with Gasteiger partial charge in [-0.1, -0.05) is 35.9 Å². The van der Waals surface area contributed by atoms with Crippen LogP contribution in [0.5, 0.6) is 0 Å². The number of anilines is 1. The normalized spacial score (nSPS) is 17.1. The van der Waals surface area contributed by atoms with Crippen molar-refractivity contribution in [2.45, 2.75) is 26.3 Å². The molecule has 0 spiro atoms. The van der Waals surface area contributed by atoms with Crippen molar-refractivity contribution in [2.24, 2.45) is 5.92 Å². The Kier molecular flexibility index (Phi) is 6.76. The zero-order chi connectivity index (χ0) is 19.9. The van der Waals surface area contributed by atoms with Gasteiger partial charge in [0.05, 0.1) is 12.5 Å². The summed E-state index contributed by atoms with van der Waals surface area (Å²) in [4.78, 5) is 33.1. The van der Waals surface area contributed by atoms with Crippen LogP contribution in [-0.4, -0.2) is 53.3 Å². The minimum Gasteiger partial charge on any atom is -0.340 e. The summed E-state index contributed by atoms with van der Waals surface area (Å²) in [7, 11) is 1.83. The lowest BCUT2D eigenvalue weighted by atomic mass is 9.97. The number of likely N-dealkylation sites (tertiary alicyclic amines) is 1. The SMILES string of the molecule is Cc1ccc(CN(C)C(=O)CN2CCCC(C(=O)Nc3ccccn3)C2)cc1. The molecule has 1 aliphatic rings. The van der Waals surface area contributed by atoms with Gasteiger partial charge in [0.2, 0.25) is 11.8 Å². The number of benzene rings is 1. The van der Waals surface area contributed by atoms with Crippen molar-refractivity contribution in [1.29, 1.82) is 0 Å². The molecule has 28 heavy (non-hydrogen) atoms. The van der Waals surface area contributed by atoms with Gasteiger partial charge in [0.1, 0.15) is 5.82 Å². The van der Waals surface area contributed by atoms with E-state index in [1.54, 1.807) is 17.2 Å². The number of carbonyl (C=O) groups is 2. The molecule has 2 aromatic rings. The molecule has 1 N–H and O–H groups in total. The lowest BCUT2D eigenvalue weighted by Crippen LogP contribution is -2.45. The molecule has 3 rings (SSSR count). The maximum absolute atomic E-state index is 12.6. The van der Waals surface area contributed by atoms with E-state index in [9.17, 15) is 9.59 Å². The van der Waals surface area contributed by atoms with Gasteiger partial charge in [-0.25, -0.2) is 4.98 Å². The highest BCUT2D eigenvalue weighted by molar-refractivity contribution is 5.91. The van der Waals surface area contributed by atoms with Crippen LogP contribution in [0, 0.1) is 12.8 Å². The summed E-state index contributed by atoms with van der Waals surface area (Å²) >= 11 is 0. The molecule has 0 saturated carbocycles. The molecule has 1 aliphatic heterocycles. The fourth-order valence-electron chi connectivity index (χ4n) is 3.45. The number of likely N-dealkylation sites (N-methyl/N-ethyl adjacent to an activating group) is 1. The molecule has 0 bridgehead atoms. The average Bonchev–Trinajstić information content (AvgIpc) is 2.70. The van der Waals surface area contributed by atoms with E-state index in [1.165, 1.54) is 5.56 Å². The van der Waals surface area contributed by atoms with Gasteiger partial charge < -0.3 is 10.2 Å². The number of piperidine rings is 1. The van der Waals surface area contributed by atoms with Crippen LogP contribution >= 0.6 is 0 Å². The smallest absolute Gasteiger partial charge is 0.236 e. The van der Waals surface area contributed by atoms with Gasteiger partial charge in [0.25, 0.3) is 0 Å². The zero-order valence-corrected chi connectivity index (χ0v) is 16.6. The predicted octanol–water partition coefficient (Wildman–Crippen LogP) is 2.70. The number of nitrogens with one attached hydrogen (secondary N) is 1. The Hall–Kier alpha value is -2.73. The first-order valence-electron chi connectivity index (χ1n) is 9.75. The average molecular weight is 380 g/mol. The van der Waals surface area contributed by atoms with E-state index in [-0.39, 0.29) is 17.7 Å². The Balaban J connectivity index is 1.50. The first kappa shape index (κ1) is 20.0. The number of aromatic nitrogens is 1. The molecule has 148 valence electrons. The summed E-state index contributed by atoms with van der Waals surface area (Å²) in [6, 6.07) is 13.7. The lowest BCUT2D eigenvalue weighted by Gasteiger charge is -2.32. The standard InChI is InChI=1S/C22H28N4O2/c1-17-8-10-18(11-9-17)14-25(2)21(27)16-26-13-5-6-19(15-26)22(28)24-20-7-3-4-12-23-20/h3-4,7-12,19H,5-6,13-16H2,1-2H3,(H,23,24,28). The van der Waals surface area contributed by atoms with E-state index >= 15 is 0 Å². The number of hydrogen-bond donors (Lipinski definition) is 1. The third kappa shape index (κ3) is 5.63. The van der Waals surface area contributed by atoms with Gasteiger partial charge in [-0.05, 0) is 44.0 Å². The monoisotopic (exact) mass is 380 g/mol. The van der Waals surface area contributed by atoms with Crippen LogP contribution < -0.4 is 5.32 Å². The second kappa shape index (κ2) is 9.46. The molecule has 1 unspecified atom stereocenters. The van der Waals surface area contributed by atoms with E-state index in [2.05, 4.69) is 46.4 Å². The highest BCUT2D eigenvalue weighted by Crippen LogP contribution is 2.18. The molecular weight excluding hydrogens is 352 g/mol. The first-order valence-corrected chi connectivity index (χ1v) is 9.75. The summed E-state index contributed by atoms with van der Waals surface area (Å²) in [5.74, 6) is 0.500. The van der Waals surface area contributed by atoms with Crippen LogP contribution in [0.3, 0.4) is 0 Å². The van der Waals surface area contributed by atoms with E-state index in [1.807, 2.05) is 19.2 Å². The Morgan fingerprint density at radius 1 is 1.21 bits per heavy atom. The second-order valence-electron chi connectivity index (χ2n) is 7.51. The number of rotatable bonds is 6. The first-order chi connectivity index (χ1) is 13.5. The van der Waals surface area contributed by atoms with Crippen molar-refractivity contribution in [3.8, 4) is 0 Å². The van der Waals surface area contributed by atoms with Crippen LogP contribution in [0.15, 0.2) is 48.7 Å². The zero-order valence-electron chi connectivity index (χ0n) is 16.6. The molecule has 1 aromatic carbocycles. The Bertz CT molecular complexity index is 792. The van der Waals surface area contributed by atoms with Gasteiger partial charge in [-0.2, -0.15) is 0 Å². The summed E-state index contributed by atoms with van der Waals surface area (Å²) in [5, 5.41) is 2.87. The third-order valence-electron chi connectivity index (χ3n) is 5.12.